The summed E-state index contributed by atoms with van der Waals surface area (Å²) >= 11 is 12.2. The Labute approximate surface area is 139 Å². The van der Waals surface area contributed by atoms with Gasteiger partial charge in [0.1, 0.15) is 0 Å². The molecule has 0 spiro atoms. The van der Waals surface area contributed by atoms with Crippen molar-refractivity contribution in [2.45, 2.75) is 0 Å². The monoisotopic (exact) mass is 331 g/mol. The maximum atomic E-state index is 6.29. The van der Waals surface area contributed by atoms with Crippen LogP contribution in [-0.2, 0) is 0 Å². The molecule has 2 N–H and O–H groups in total. The quantitative estimate of drug-likeness (QED) is 0.729. The number of aromatic nitrogens is 1. The number of nitrogens with two attached hydrogens (primary N) is 1. The minimum absolute atomic E-state index is 0.595. The van der Waals surface area contributed by atoms with Crippen LogP contribution in [0.3, 0.4) is 0 Å². The normalized spacial score (nSPS) is 10.9. The predicted molar refractivity (Wildman–Crippen MR) is 95.9 cm³/mol. The summed E-state index contributed by atoms with van der Waals surface area (Å²) in [5.74, 6) is 0. The van der Waals surface area contributed by atoms with E-state index in [2.05, 4.69) is 4.98 Å². The molecule has 1 heterocycles. The van der Waals surface area contributed by atoms with Crippen LogP contribution >= 0.6 is 23.2 Å². The molecule has 0 radical (unpaired) electrons. The lowest BCUT2D eigenvalue weighted by Crippen LogP contribution is -2.11. The van der Waals surface area contributed by atoms with Crippen molar-refractivity contribution in [2.75, 3.05) is 24.7 Å². The van der Waals surface area contributed by atoms with Gasteiger partial charge in [0, 0.05) is 35.1 Å². The Morgan fingerprint density at radius 1 is 1.05 bits per heavy atom. The number of hydrogen-bond acceptors (Lipinski definition) is 3. The highest BCUT2D eigenvalue weighted by Crippen LogP contribution is 2.35. The van der Waals surface area contributed by atoms with Crippen molar-refractivity contribution in [1.29, 1.82) is 0 Å². The molecule has 0 aliphatic rings. The van der Waals surface area contributed by atoms with Crippen LogP contribution in [0.5, 0.6) is 0 Å². The van der Waals surface area contributed by atoms with Gasteiger partial charge >= 0.3 is 0 Å². The molecule has 0 saturated carbocycles. The lowest BCUT2D eigenvalue weighted by atomic mass is 10.0. The smallest absolute Gasteiger partial charge is 0.0802 e. The number of hydrogen-bond donors (Lipinski definition) is 1. The molecule has 22 heavy (non-hydrogen) atoms. The maximum absolute atomic E-state index is 6.29. The number of anilines is 2. The van der Waals surface area contributed by atoms with Gasteiger partial charge in [-0.1, -0.05) is 41.4 Å². The Balaban J connectivity index is 2.30. The van der Waals surface area contributed by atoms with Gasteiger partial charge in [-0.15, -0.1) is 0 Å². The zero-order chi connectivity index (χ0) is 15.9. The lowest BCUT2D eigenvalue weighted by Gasteiger charge is -2.17. The number of nitrogens with zero attached hydrogens (tertiary/aromatic N) is 2. The van der Waals surface area contributed by atoms with Gasteiger partial charge in [-0.2, -0.15) is 0 Å². The molecule has 3 aromatic rings. The second-order valence-corrected chi connectivity index (χ2v) is 6.18. The number of halogens is 2. The Bertz CT molecular complexity index is 840. The molecule has 2 aromatic carbocycles. The van der Waals surface area contributed by atoms with E-state index in [-0.39, 0.29) is 0 Å². The number of fused-ring (bicyclic) bond motifs is 1. The number of para-hydroxylation sites is 1. The van der Waals surface area contributed by atoms with Crippen molar-refractivity contribution >= 4 is 45.5 Å². The number of rotatable bonds is 2. The van der Waals surface area contributed by atoms with Crippen molar-refractivity contribution < 1.29 is 0 Å². The zero-order valence-corrected chi connectivity index (χ0v) is 13.8. The molecule has 0 aliphatic heterocycles. The summed E-state index contributed by atoms with van der Waals surface area (Å²) in [6, 6.07) is 11.4. The maximum Gasteiger partial charge on any atom is 0.0802 e. The van der Waals surface area contributed by atoms with E-state index >= 15 is 0 Å². The highest BCUT2D eigenvalue weighted by atomic mass is 35.5. The summed E-state index contributed by atoms with van der Waals surface area (Å²) in [5.41, 5.74) is 10.6. The van der Waals surface area contributed by atoms with Crippen LogP contribution in [0, 0.1) is 0 Å². The molecular weight excluding hydrogens is 317 g/mol. The molecule has 3 rings (SSSR count). The van der Waals surface area contributed by atoms with Gasteiger partial charge in [0.2, 0.25) is 0 Å². The SMILES string of the molecule is CN(C)c1cnc2c(-c3cc(Cl)cc(Cl)c3)cccc2c1N. The Morgan fingerprint density at radius 3 is 2.36 bits per heavy atom. The topological polar surface area (TPSA) is 42.2 Å². The fourth-order valence-electron chi connectivity index (χ4n) is 2.53. The second-order valence-electron chi connectivity index (χ2n) is 5.31. The van der Waals surface area contributed by atoms with Crippen LogP contribution < -0.4 is 10.6 Å². The van der Waals surface area contributed by atoms with E-state index in [0.29, 0.717) is 15.7 Å². The third kappa shape index (κ3) is 2.58. The first-order valence-corrected chi connectivity index (χ1v) is 7.54. The van der Waals surface area contributed by atoms with E-state index in [4.69, 9.17) is 28.9 Å². The zero-order valence-electron chi connectivity index (χ0n) is 12.3. The molecule has 1 aromatic heterocycles. The molecule has 3 nitrogen and oxygen atoms in total. The number of benzene rings is 2. The van der Waals surface area contributed by atoms with Crippen molar-refractivity contribution in [1.82, 2.24) is 4.98 Å². The molecular formula is C17H15Cl2N3. The Hall–Kier alpha value is -1.97. The van der Waals surface area contributed by atoms with E-state index < -0.39 is 0 Å². The first-order valence-electron chi connectivity index (χ1n) is 6.78. The summed E-state index contributed by atoms with van der Waals surface area (Å²) in [6.45, 7) is 0. The average Bonchev–Trinajstić information content (AvgIpc) is 2.45. The van der Waals surface area contributed by atoms with Crippen LogP contribution in [0.2, 0.25) is 10.0 Å². The van der Waals surface area contributed by atoms with Gasteiger partial charge < -0.3 is 10.6 Å². The van der Waals surface area contributed by atoms with E-state index in [1.54, 1.807) is 12.3 Å². The van der Waals surface area contributed by atoms with Crippen LogP contribution in [-0.4, -0.2) is 19.1 Å². The Morgan fingerprint density at radius 2 is 1.73 bits per heavy atom. The molecule has 0 unspecified atom stereocenters. The van der Waals surface area contributed by atoms with Gasteiger partial charge in [-0.05, 0) is 23.8 Å². The summed E-state index contributed by atoms with van der Waals surface area (Å²) in [4.78, 5) is 6.54. The second kappa shape index (κ2) is 5.67. The molecule has 5 heteroatoms. The average molecular weight is 332 g/mol. The van der Waals surface area contributed by atoms with Crippen LogP contribution in [0.25, 0.3) is 22.0 Å². The standard InChI is InChI=1S/C17H15Cl2N3/c1-22(2)15-9-21-17-13(4-3-5-14(17)16(15)20)10-6-11(18)8-12(19)7-10/h3-9H,1-2H3,(H2,20,21). The molecule has 0 amide bonds. The van der Waals surface area contributed by atoms with E-state index in [1.807, 2.05) is 49.3 Å². The third-order valence-electron chi connectivity index (χ3n) is 3.57. The van der Waals surface area contributed by atoms with Crippen LogP contribution in [0.15, 0.2) is 42.6 Å². The first-order chi connectivity index (χ1) is 10.5. The molecule has 0 fully saturated rings. The lowest BCUT2D eigenvalue weighted by molar-refractivity contribution is 1.12. The first kappa shape index (κ1) is 14.9. The Kier molecular flexibility index (Phi) is 3.85. The third-order valence-corrected chi connectivity index (χ3v) is 4.01. The van der Waals surface area contributed by atoms with Gasteiger partial charge in [-0.25, -0.2) is 0 Å². The predicted octanol–water partition coefficient (Wildman–Crippen LogP) is 4.86. The molecule has 112 valence electrons. The van der Waals surface area contributed by atoms with E-state index in [1.165, 1.54) is 0 Å². The van der Waals surface area contributed by atoms with E-state index in [0.717, 1.165) is 27.7 Å². The summed E-state index contributed by atoms with van der Waals surface area (Å²) in [5, 5.41) is 2.11. The minimum Gasteiger partial charge on any atom is -0.396 e. The fourth-order valence-corrected chi connectivity index (χ4v) is 3.06. The summed E-state index contributed by atoms with van der Waals surface area (Å²) in [6.07, 6.45) is 1.79. The molecule has 0 saturated heterocycles. The molecule has 0 bridgehead atoms. The van der Waals surface area contributed by atoms with Crippen molar-refractivity contribution in [3.05, 3.63) is 52.6 Å². The fraction of sp³-hybridized carbons (Fsp3) is 0.118. The van der Waals surface area contributed by atoms with Gasteiger partial charge in [0.15, 0.2) is 0 Å². The van der Waals surface area contributed by atoms with Gasteiger partial charge in [0.25, 0.3) is 0 Å². The van der Waals surface area contributed by atoms with Crippen molar-refractivity contribution in [3.8, 4) is 11.1 Å². The number of pyridine rings is 1. The van der Waals surface area contributed by atoms with Gasteiger partial charge in [0.05, 0.1) is 23.1 Å². The van der Waals surface area contributed by atoms with Gasteiger partial charge in [-0.3, -0.25) is 4.98 Å². The molecule has 0 atom stereocenters. The highest BCUT2D eigenvalue weighted by molar-refractivity contribution is 6.35. The minimum atomic E-state index is 0.595. The summed E-state index contributed by atoms with van der Waals surface area (Å²) in [7, 11) is 3.89. The van der Waals surface area contributed by atoms with Crippen molar-refractivity contribution in [3.63, 3.8) is 0 Å². The number of nitrogen functional groups attached to an aromatic ring is 1. The molecule has 0 aliphatic carbocycles. The van der Waals surface area contributed by atoms with E-state index in [9.17, 15) is 0 Å². The van der Waals surface area contributed by atoms with Crippen molar-refractivity contribution in [2.24, 2.45) is 0 Å². The highest BCUT2D eigenvalue weighted by Gasteiger charge is 2.12. The van der Waals surface area contributed by atoms with Crippen LogP contribution in [0.1, 0.15) is 0 Å². The van der Waals surface area contributed by atoms with Crippen LogP contribution in [0.4, 0.5) is 11.4 Å². The largest absolute Gasteiger partial charge is 0.396 e. The summed E-state index contributed by atoms with van der Waals surface area (Å²) < 4.78 is 0.